The van der Waals surface area contributed by atoms with Gasteiger partial charge >= 0.3 is 0 Å². The highest BCUT2D eigenvalue weighted by molar-refractivity contribution is 5.88. The summed E-state index contributed by atoms with van der Waals surface area (Å²) in [5.41, 5.74) is 9.58. The van der Waals surface area contributed by atoms with Crippen LogP contribution in [-0.2, 0) is 11.2 Å². The molecule has 4 heteroatoms. The third-order valence-electron chi connectivity index (χ3n) is 5.04. The molecule has 21 heavy (non-hydrogen) atoms. The van der Waals surface area contributed by atoms with Gasteiger partial charge in [0.1, 0.15) is 6.04 Å². The smallest absolute Gasteiger partial charge is 0.245 e. The van der Waals surface area contributed by atoms with Crippen LogP contribution in [0.2, 0.25) is 0 Å². The highest BCUT2D eigenvalue weighted by Crippen LogP contribution is 2.30. The SMILES string of the molecule is Cc1cccc2c1NC(C(=O)N(C)C1CCC(N)CC1)C2. The van der Waals surface area contributed by atoms with Crippen molar-refractivity contribution in [2.45, 2.75) is 57.2 Å². The Morgan fingerprint density at radius 1 is 1.29 bits per heavy atom. The molecule has 1 aliphatic heterocycles. The molecule has 1 unspecified atom stereocenters. The summed E-state index contributed by atoms with van der Waals surface area (Å²) in [6, 6.07) is 6.83. The summed E-state index contributed by atoms with van der Waals surface area (Å²) in [5.74, 6) is 0.214. The van der Waals surface area contributed by atoms with Crippen LogP contribution < -0.4 is 11.1 Å². The molecule has 0 saturated heterocycles. The lowest BCUT2D eigenvalue weighted by Crippen LogP contribution is -2.47. The molecule has 1 aliphatic carbocycles. The van der Waals surface area contributed by atoms with Crippen molar-refractivity contribution in [2.24, 2.45) is 5.73 Å². The van der Waals surface area contributed by atoms with Crippen LogP contribution in [0.25, 0.3) is 0 Å². The molecule has 0 radical (unpaired) electrons. The average molecular weight is 287 g/mol. The molecule has 0 aromatic heterocycles. The number of nitrogens with two attached hydrogens (primary N) is 1. The molecular formula is C17H25N3O. The lowest BCUT2D eigenvalue weighted by Gasteiger charge is -2.34. The number of benzene rings is 1. The Labute approximate surface area is 126 Å². The van der Waals surface area contributed by atoms with Gasteiger partial charge in [-0.1, -0.05) is 18.2 Å². The predicted molar refractivity (Wildman–Crippen MR) is 85.3 cm³/mol. The number of aryl methyl sites for hydroxylation is 1. The third kappa shape index (κ3) is 2.77. The molecule has 1 saturated carbocycles. The molecule has 0 spiro atoms. The van der Waals surface area contributed by atoms with Gasteiger partial charge in [-0.15, -0.1) is 0 Å². The number of anilines is 1. The van der Waals surface area contributed by atoms with Crippen molar-refractivity contribution in [3.63, 3.8) is 0 Å². The van der Waals surface area contributed by atoms with Crippen LogP contribution in [0.5, 0.6) is 0 Å². The van der Waals surface area contributed by atoms with Crippen molar-refractivity contribution in [1.82, 2.24) is 4.90 Å². The zero-order chi connectivity index (χ0) is 15.0. The number of likely N-dealkylation sites (N-methyl/N-ethyl adjacent to an activating group) is 1. The number of hydrogen-bond donors (Lipinski definition) is 2. The summed E-state index contributed by atoms with van der Waals surface area (Å²) in [7, 11) is 1.95. The van der Waals surface area contributed by atoms with Crippen molar-refractivity contribution >= 4 is 11.6 Å². The minimum absolute atomic E-state index is 0.110. The molecule has 1 heterocycles. The monoisotopic (exact) mass is 287 g/mol. The van der Waals surface area contributed by atoms with Crippen molar-refractivity contribution in [3.05, 3.63) is 29.3 Å². The minimum atomic E-state index is -0.110. The zero-order valence-electron chi connectivity index (χ0n) is 12.9. The van der Waals surface area contributed by atoms with E-state index in [1.165, 1.54) is 11.1 Å². The second-order valence-electron chi connectivity index (χ2n) is 6.53. The highest BCUT2D eigenvalue weighted by atomic mass is 16.2. The normalized spacial score (nSPS) is 27.9. The standard InChI is InChI=1S/C17H25N3O/c1-11-4-3-5-12-10-15(19-16(11)12)17(21)20(2)14-8-6-13(18)7-9-14/h3-5,13-15,19H,6-10,18H2,1-2H3. The molecule has 3 N–H and O–H groups in total. The van der Waals surface area contributed by atoms with Gasteiger partial charge in [0.15, 0.2) is 0 Å². The van der Waals surface area contributed by atoms with Gasteiger partial charge in [0.25, 0.3) is 0 Å². The maximum atomic E-state index is 12.7. The van der Waals surface area contributed by atoms with Crippen LogP contribution >= 0.6 is 0 Å². The van der Waals surface area contributed by atoms with E-state index in [1.54, 1.807) is 0 Å². The number of amides is 1. The van der Waals surface area contributed by atoms with Crippen LogP contribution in [0, 0.1) is 6.92 Å². The van der Waals surface area contributed by atoms with Gasteiger partial charge in [0.2, 0.25) is 5.91 Å². The summed E-state index contributed by atoms with van der Waals surface area (Å²) < 4.78 is 0. The van der Waals surface area contributed by atoms with Crippen molar-refractivity contribution < 1.29 is 4.79 Å². The summed E-state index contributed by atoms with van der Waals surface area (Å²) in [4.78, 5) is 14.7. The van der Waals surface area contributed by atoms with Gasteiger partial charge in [-0.05, 0) is 43.7 Å². The maximum Gasteiger partial charge on any atom is 0.245 e. The number of carbonyl (C=O) groups is 1. The second kappa shape index (κ2) is 5.68. The number of para-hydroxylation sites is 1. The highest BCUT2D eigenvalue weighted by Gasteiger charge is 2.33. The molecule has 4 nitrogen and oxygen atoms in total. The molecular weight excluding hydrogens is 262 g/mol. The Bertz CT molecular complexity index is 535. The van der Waals surface area contributed by atoms with Crippen LogP contribution in [0.3, 0.4) is 0 Å². The van der Waals surface area contributed by atoms with Gasteiger partial charge in [0.05, 0.1) is 0 Å². The van der Waals surface area contributed by atoms with Crippen LogP contribution in [0.4, 0.5) is 5.69 Å². The molecule has 1 fully saturated rings. The second-order valence-corrected chi connectivity index (χ2v) is 6.53. The van der Waals surface area contributed by atoms with Gasteiger partial charge in [-0.3, -0.25) is 4.79 Å². The van der Waals surface area contributed by atoms with Gasteiger partial charge in [-0.25, -0.2) is 0 Å². The Morgan fingerprint density at radius 2 is 2.00 bits per heavy atom. The first-order valence-corrected chi connectivity index (χ1v) is 7.93. The van der Waals surface area contributed by atoms with E-state index < -0.39 is 0 Å². The predicted octanol–water partition coefficient (Wildman–Crippen LogP) is 2.06. The van der Waals surface area contributed by atoms with E-state index in [2.05, 4.69) is 30.4 Å². The average Bonchev–Trinajstić information content (AvgIpc) is 2.92. The summed E-state index contributed by atoms with van der Waals surface area (Å²) in [6.45, 7) is 2.09. The van der Waals surface area contributed by atoms with E-state index in [4.69, 9.17) is 5.73 Å². The summed E-state index contributed by atoms with van der Waals surface area (Å²) in [5, 5.41) is 3.42. The Hall–Kier alpha value is -1.55. The molecule has 1 amide bonds. The first-order valence-electron chi connectivity index (χ1n) is 7.93. The van der Waals surface area contributed by atoms with Crippen molar-refractivity contribution in [1.29, 1.82) is 0 Å². The molecule has 2 aliphatic rings. The van der Waals surface area contributed by atoms with Crippen molar-refractivity contribution in [2.75, 3.05) is 12.4 Å². The number of nitrogens with zero attached hydrogens (tertiary/aromatic N) is 1. The maximum absolute atomic E-state index is 12.7. The van der Waals surface area contributed by atoms with E-state index in [0.29, 0.717) is 12.1 Å². The quantitative estimate of drug-likeness (QED) is 0.875. The minimum Gasteiger partial charge on any atom is -0.373 e. The number of nitrogens with one attached hydrogen (secondary N) is 1. The Balaban J connectivity index is 1.66. The molecule has 0 bridgehead atoms. The van der Waals surface area contributed by atoms with Gasteiger partial charge in [-0.2, -0.15) is 0 Å². The summed E-state index contributed by atoms with van der Waals surface area (Å²) >= 11 is 0. The molecule has 1 aromatic carbocycles. The van der Waals surface area contributed by atoms with E-state index in [1.807, 2.05) is 11.9 Å². The Morgan fingerprint density at radius 3 is 2.67 bits per heavy atom. The topological polar surface area (TPSA) is 58.4 Å². The third-order valence-corrected chi connectivity index (χ3v) is 5.04. The summed E-state index contributed by atoms with van der Waals surface area (Å²) in [6.07, 6.45) is 4.91. The number of fused-ring (bicyclic) bond motifs is 1. The lowest BCUT2D eigenvalue weighted by atomic mass is 9.90. The van der Waals surface area contributed by atoms with E-state index >= 15 is 0 Å². The van der Waals surface area contributed by atoms with E-state index in [0.717, 1.165) is 37.8 Å². The molecule has 114 valence electrons. The molecule has 1 atom stereocenters. The fraction of sp³-hybridized carbons (Fsp3) is 0.588. The zero-order valence-corrected chi connectivity index (χ0v) is 12.9. The number of hydrogen-bond acceptors (Lipinski definition) is 3. The fourth-order valence-corrected chi connectivity index (χ4v) is 3.61. The van der Waals surface area contributed by atoms with Crippen LogP contribution in [0.15, 0.2) is 18.2 Å². The van der Waals surface area contributed by atoms with Gasteiger partial charge in [0, 0.05) is 31.2 Å². The largest absolute Gasteiger partial charge is 0.373 e. The number of rotatable bonds is 2. The Kier molecular flexibility index (Phi) is 3.89. The van der Waals surface area contributed by atoms with Crippen LogP contribution in [-0.4, -0.2) is 36.0 Å². The fourth-order valence-electron chi connectivity index (χ4n) is 3.61. The number of carbonyl (C=O) groups excluding carboxylic acids is 1. The van der Waals surface area contributed by atoms with Crippen LogP contribution in [0.1, 0.15) is 36.8 Å². The van der Waals surface area contributed by atoms with E-state index in [-0.39, 0.29) is 11.9 Å². The van der Waals surface area contributed by atoms with E-state index in [9.17, 15) is 4.79 Å². The van der Waals surface area contributed by atoms with Gasteiger partial charge < -0.3 is 16.0 Å². The molecule has 3 rings (SSSR count). The van der Waals surface area contributed by atoms with Crippen molar-refractivity contribution in [3.8, 4) is 0 Å². The first-order chi connectivity index (χ1) is 10.1. The molecule has 1 aromatic rings. The lowest BCUT2D eigenvalue weighted by molar-refractivity contribution is -0.133. The first kappa shape index (κ1) is 14.4.